The number of nitrogens with two attached hydrogens (primary N) is 1. The van der Waals surface area contributed by atoms with E-state index < -0.39 is 0 Å². The summed E-state index contributed by atoms with van der Waals surface area (Å²) in [7, 11) is 0. The van der Waals surface area contributed by atoms with Gasteiger partial charge in [-0.2, -0.15) is 0 Å². The molecule has 0 amide bonds. The van der Waals surface area contributed by atoms with Gasteiger partial charge in [0.05, 0.1) is 0 Å². The minimum atomic E-state index is 0.574. The van der Waals surface area contributed by atoms with Crippen molar-refractivity contribution in [1.29, 1.82) is 5.41 Å². The molecule has 0 unspecified atom stereocenters. The Morgan fingerprint density at radius 3 is 2.33 bits per heavy atom. The van der Waals surface area contributed by atoms with Gasteiger partial charge in [0.15, 0.2) is 0 Å². The van der Waals surface area contributed by atoms with E-state index >= 15 is 0 Å². The second-order valence-corrected chi connectivity index (χ2v) is 3.17. The Hall–Kier alpha value is -1.15. The van der Waals surface area contributed by atoms with Crippen molar-refractivity contribution in [3.8, 4) is 0 Å². The van der Waals surface area contributed by atoms with Gasteiger partial charge in [-0.25, -0.2) is 0 Å². The highest BCUT2D eigenvalue weighted by molar-refractivity contribution is 5.97. The number of nitrogens with one attached hydrogen (secondary N) is 1. The lowest BCUT2D eigenvalue weighted by Crippen LogP contribution is -2.02. The van der Waals surface area contributed by atoms with Gasteiger partial charge in [-0.1, -0.05) is 39.0 Å². The molecule has 84 valence electrons. The third kappa shape index (κ3) is 3.84. The Bertz CT molecular complexity index is 316. The molecule has 0 aliphatic rings. The van der Waals surface area contributed by atoms with Crippen molar-refractivity contribution < 1.29 is 0 Å². The van der Waals surface area contributed by atoms with Crippen LogP contribution < -0.4 is 5.73 Å². The van der Waals surface area contributed by atoms with Crippen molar-refractivity contribution in [3.05, 3.63) is 34.9 Å². The average molecular weight is 206 g/mol. The first-order chi connectivity index (χ1) is 7.19. The van der Waals surface area contributed by atoms with Gasteiger partial charge in [0.2, 0.25) is 0 Å². The predicted molar refractivity (Wildman–Crippen MR) is 67.6 cm³/mol. The summed E-state index contributed by atoms with van der Waals surface area (Å²) in [5, 5.41) is 7.58. The van der Waals surface area contributed by atoms with Crippen LogP contribution in [0.3, 0.4) is 0 Å². The summed E-state index contributed by atoms with van der Waals surface area (Å²) in [4.78, 5) is 0. The third-order valence-corrected chi connectivity index (χ3v) is 2.19. The second kappa shape index (κ2) is 7.18. The molecule has 0 saturated heterocycles. The molecule has 2 heteroatoms. The first-order valence-corrected chi connectivity index (χ1v) is 5.56. The van der Waals surface area contributed by atoms with Gasteiger partial charge in [-0.3, -0.25) is 0 Å². The third-order valence-electron chi connectivity index (χ3n) is 2.19. The Morgan fingerprint density at radius 1 is 1.33 bits per heavy atom. The molecule has 0 bridgehead atoms. The standard InChI is InChI=1S/C11H16N2.C2H6/c1-3-10-6-9(7-12)4-5-11(10)8(2)13;1-2/h4-6,13H,3,7,12H2,1-2H3;1-2H3. The monoisotopic (exact) mass is 206 g/mol. The summed E-state index contributed by atoms with van der Waals surface area (Å²) >= 11 is 0. The number of hydrogen-bond donors (Lipinski definition) is 2. The quantitative estimate of drug-likeness (QED) is 0.733. The molecule has 1 aromatic carbocycles. The zero-order chi connectivity index (χ0) is 11.8. The van der Waals surface area contributed by atoms with E-state index in [9.17, 15) is 0 Å². The lowest BCUT2D eigenvalue weighted by molar-refractivity contribution is 1.04. The zero-order valence-electron chi connectivity index (χ0n) is 10.2. The molecule has 15 heavy (non-hydrogen) atoms. The van der Waals surface area contributed by atoms with Crippen molar-refractivity contribution in [2.45, 2.75) is 40.7 Å². The van der Waals surface area contributed by atoms with Crippen LogP contribution in [0.2, 0.25) is 0 Å². The molecule has 0 saturated carbocycles. The first-order valence-electron chi connectivity index (χ1n) is 5.56. The van der Waals surface area contributed by atoms with Crippen molar-refractivity contribution in [1.82, 2.24) is 0 Å². The first kappa shape index (κ1) is 13.8. The summed E-state index contributed by atoms with van der Waals surface area (Å²) in [5.41, 5.74) is 9.57. The van der Waals surface area contributed by atoms with E-state index in [2.05, 4.69) is 13.0 Å². The lowest BCUT2D eigenvalue weighted by Gasteiger charge is -2.07. The van der Waals surface area contributed by atoms with E-state index in [1.54, 1.807) is 0 Å². The fourth-order valence-electron chi connectivity index (χ4n) is 1.43. The van der Waals surface area contributed by atoms with Crippen LogP contribution in [-0.4, -0.2) is 5.71 Å². The van der Waals surface area contributed by atoms with Gasteiger partial charge in [0.25, 0.3) is 0 Å². The van der Waals surface area contributed by atoms with Crippen molar-refractivity contribution in [3.63, 3.8) is 0 Å². The number of hydrogen-bond acceptors (Lipinski definition) is 2. The number of aryl methyl sites for hydroxylation is 1. The zero-order valence-corrected chi connectivity index (χ0v) is 10.2. The molecule has 0 aromatic heterocycles. The summed E-state index contributed by atoms with van der Waals surface area (Å²) in [6, 6.07) is 6.07. The second-order valence-electron chi connectivity index (χ2n) is 3.17. The highest BCUT2D eigenvalue weighted by Crippen LogP contribution is 2.13. The maximum Gasteiger partial charge on any atom is 0.0357 e. The Labute approximate surface area is 93.0 Å². The van der Waals surface area contributed by atoms with Gasteiger partial charge in [0, 0.05) is 12.3 Å². The molecular formula is C13H22N2. The molecule has 0 heterocycles. The van der Waals surface area contributed by atoms with Crippen LogP contribution in [0.5, 0.6) is 0 Å². The Kier molecular flexibility index (Phi) is 6.63. The van der Waals surface area contributed by atoms with E-state index in [1.807, 2.05) is 32.9 Å². The van der Waals surface area contributed by atoms with Crippen LogP contribution in [0.4, 0.5) is 0 Å². The van der Waals surface area contributed by atoms with Crippen LogP contribution >= 0.6 is 0 Å². The van der Waals surface area contributed by atoms with Crippen molar-refractivity contribution in [2.75, 3.05) is 0 Å². The van der Waals surface area contributed by atoms with Gasteiger partial charge in [-0.15, -0.1) is 0 Å². The molecule has 0 aliphatic heterocycles. The van der Waals surface area contributed by atoms with E-state index in [1.165, 1.54) is 5.56 Å². The van der Waals surface area contributed by atoms with Crippen LogP contribution in [-0.2, 0) is 13.0 Å². The van der Waals surface area contributed by atoms with Crippen LogP contribution in [0, 0.1) is 5.41 Å². The SMILES string of the molecule is CC.CCc1cc(CN)ccc1C(C)=N. The lowest BCUT2D eigenvalue weighted by atomic mass is 9.99. The van der Waals surface area contributed by atoms with Crippen molar-refractivity contribution in [2.24, 2.45) is 5.73 Å². The Balaban J connectivity index is 0.000000921. The van der Waals surface area contributed by atoms with E-state index in [-0.39, 0.29) is 0 Å². The fourth-order valence-corrected chi connectivity index (χ4v) is 1.43. The molecular weight excluding hydrogens is 184 g/mol. The van der Waals surface area contributed by atoms with Gasteiger partial charge in [-0.05, 0) is 30.0 Å². The van der Waals surface area contributed by atoms with Crippen LogP contribution in [0.15, 0.2) is 18.2 Å². The number of rotatable bonds is 3. The largest absolute Gasteiger partial charge is 0.326 e. The highest BCUT2D eigenvalue weighted by atomic mass is 14.5. The summed E-state index contributed by atoms with van der Waals surface area (Å²) in [6.07, 6.45) is 0.958. The summed E-state index contributed by atoms with van der Waals surface area (Å²) in [5.74, 6) is 0. The van der Waals surface area contributed by atoms with Crippen LogP contribution in [0.25, 0.3) is 0 Å². The minimum Gasteiger partial charge on any atom is -0.326 e. The number of benzene rings is 1. The molecule has 0 aliphatic carbocycles. The predicted octanol–water partition coefficient (Wildman–Crippen LogP) is 3.12. The maximum atomic E-state index is 7.58. The molecule has 3 N–H and O–H groups in total. The fraction of sp³-hybridized carbons (Fsp3) is 0.462. The molecule has 0 spiro atoms. The topological polar surface area (TPSA) is 49.9 Å². The molecule has 0 atom stereocenters. The maximum absolute atomic E-state index is 7.58. The molecule has 0 radical (unpaired) electrons. The smallest absolute Gasteiger partial charge is 0.0357 e. The van der Waals surface area contributed by atoms with Gasteiger partial charge >= 0.3 is 0 Å². The molecule has 0 fully saturated rings. The molecule has 1 rings (SSSR count). The summed E-state index contributed by atoms with van der Waals surface area (Å²) < 4.78 is 0. The van der Waals surface area contributed by atoms with Crippen LogP contribution in [0.1, 0.15) is 44.4 Å². The summed E-state index contributed by atoms with van der Waals surface area (Å²) in [6.45, 7) is 8.49. The average Bonchev–Trinajstić information content (AvgIpc) is 2.30. The van der Waals surface area contributed by atoms with Gasteiger partial charge in [0.1, 0.15) is 0 Å². The van der Waals surface area contributed by atoms with E-state index in [0.717, 1.165) is 17.5 Å². The van der Waals surface area contributed by atoms with E-state index in [4.69, 9.17) is 11.1 Å². The Morgan fingerprint density at radius 2 is 1.93 bits per heavy atom. The van der Waals surface area contributed by atoms with Gasteiger partial charge < -0.3 is 11.1 Å². The highest BCUT2D eigenvalue weighted by Gasteiger charge is 2.02. The normalized spacial score (nSPS) is 9.13. The minimum absolute atomic E-state index is 0.574. The molecule has 2 nitrogen and oxygen atoms in total. The van der Waals surface area contributed by atoms with Crippen molar-refractivity contribution >= 4 is 5.71 Å². The molecule has 1 aromatic rings. The van der Waals surface area contributed by atoms with E-state index in [0.29, 0.717) is 12.3 Å².